The molecule has 0 saturated heterocycles. The molecule has 1 N–H and O–H groups in total. The normalized spacial score (nSPS) is 14.6. The second kappa shape index (κ2) is 5.96. The van der Waals surface area contributed by atoms with Crippen molar-refractivity contribution in [1.82, 2.24) is 5.32 Å². The molecule has 1 aromatic carbocycles. The zero-order chi connectivity index (χ0) is 13.9. The van der Waals surface area contributed by atoms with Crippen molar-refractivity contribution in [2.45, 2.75) is 39.7 Å². The lowest BCUT2D eigenvalue weighted by molar-refractivity contribution is -0.385. The van der Waals surface area contributed by atoms with Crippen LogP contribution in [0, 0.1) is 23.0 Å². The summed E-state index contributed by atoms with van der Waals surface area (Å²) in [4.78, 5) is 10.5. The summed E-state index contributed by atoms with van der Waals surface area (Å²) in [6, 6.07) is 5.77. The van der Waals surface area contributed by atoms with Gasteiger partial charge >= 0.3 is 0 Å². The summed E-state index contributed by atoms with van der Waals surface area (Å²) in [7, 11) is 1.94. The van der Waals surface area contributed by atoms with E-state index >= 15 is 0 Å². The molecule has 1 aromatic rings. The number of hydrogen-bond acceptors (Lipinski definition) is 3. The first-order valence-corrected chi connectivity index (χ1v) is 6.30. The van der Waals surface area contributed by atoms with Crippen molar-refractivity contribution in [3.8, 4) is 0 Å². The SMILES string of the molecule is CNC(C)C(c1ccc([N+](=O)[O-])c(C)c1)C(C)C. The quantitative estimate of drug-likeness (QED) is 0.644. The van der Waals surface area contributed by atoms with Crippen LogP contribution in [0.1, 0.15) is 37.8 Å². The number of likely N-dealkylation sites (N-methyl/N-ethyl adjacent to an activating group) is 1. The first-order valence-electron chi connectivity index (χ1n) is 6.30. The second-order valence-corrected chi connectivity index (χ2v) is 5.15. The Morgan fingerprint density at radius 3 is 2.28 bits per heavy atom. The summed E-state index contributed by atoms with van der Waals surface area (Å²) in [5.74, 6) is 0.836. The Balaban J connectivity index is 3.15. The lowest BCUT2D eigenvalue weighted by Crippen LogP contribution is -2.32. The summed E-state index contributed by atoms with van der Waals surface area (Å²) >= 11 is 0. The van der Waals surface area contributed by atoms with Crippen molar-refractivity contribution < 1.29 is 4.92 Å². The summed E-state index contributed by atoms with van der Waals surface area (Å²) in [5, 5.41) is 14.1. The van der Waals surface area contributed by atoms with Gasteiger partial charge in [-0.2, -0.15) is 0 Å². The first-order chi connectivity index (χ1) is 8.38. The van der Waals surface area contributed by atoms with E-state index in [4.69, 9.17) is 0 Å². The van der Waals surface area contributed by atoms with Crippen LogP contribution in [0.15, 0.2) is 18.2 Å². The van der Waals surface area contributed by atoms with Crippen LogP contribution in [0.4, 0.5) is 5.69 Å². The lowest BCUT2D eigenvalue weighted by atomic mass is 9.82. The maximum atomic E-state index is 10.8. The second-order valence-electron chi connectivity index (χ2n) is 5.15. The van der Waals surface area contributed by atoms with Gasteiger partial charge in [-0.1, -0.05) is 19.9 Å². The van der Waals surface area contributed by atoms with Gasteiger partial charge in [-0.25, -0.2) is 0 Å². The third-order valence-electron chi connectivity index (χ3n) is 3.51. The highest BCUT2D eigenvalue weighted by Gasteiger charge is 2.23. The Bertz CT molecular complexity index is 430. The van der Waals surface area contributed by atoms with Crippen LogP contribution in [0.5, 0.6) is 0 Å². The van der Waals surface area contributed by atoms with Crippen LogP contribution in [-0.4, -0.2) is 18.0 Å². The molecular weight excluding hydrogens is 228 g/mol. The number of nitrogens with zero attached hydrogens (tertiary/aromatic N) is 1. The highest BCUT2D eigenvalue weighted by Crippen LogP contribution is 2.30. The summed E-state index contributed by atoms with van der Waals surface area (Å²) in [6.07, 6.45) is 0. The summed E-state index contributed by atoms with van der Waals surface area (Å²) in [6.45, 7) is 8.29. The van der Waals surface area contributed by atoms with Gasteiger partial charge in [-0.15, -0.1) is 0 Å². The van der Waals surface area contributed by atoms with Gasteiger partial charge < -0.3 is 5.32 Å². The minimum Gasteiger partial charge on any atom is -0.317 e. The van der Waals surface area contributed by atoms with Crippen LogP contribution in [0.25, 0.3) is 0 Å². The standard InChI is InChI=1S/C14H22N2O2/c1-9(2)14(11(4)15-5)12-6-7-13(16(17)18)10(3)8-12/h6-9,11,14-15H,1-5H3. The molecule has 0 fully saturated rings. The third-order valence-corrected chi connectivity index (χ3v) is 3.51. The zero-order valence-electron chi connectivity index (χ0n) is 11.7. The first kappa shape index (κ1) is 14.6. The van der Waals surface area contributed by atoms with E-state index in [-0.39, 0.29) is 10.6 Å². The fourth-order valence-electron chi connectivity index (χ4n) is 2.52. The van der Waals surface area contributed by atoms with Crippen molar-refractivity contribution >= 4 is 5.69 Å². The molecule has 0 aliphatic rings. The van der Waals surface area contributed by atoms with E-state index in [1.165, 1.54) is 0 Å². The van der Waals surface area contributed by atoms with E-state index in [9.17, 15) is 10.1 Å². The molecule has 0 heterocycles. The van der Waals surface area contributed by atoms with Gasteiger partial charge in [0.15, 0.2) is 0 Å². The van der Waals surface area contributed by atoms with Crippen LogP contribution >= 0.6 is 0 Å². The molecule has 0 bridgehead atoms. The molecular formula is C14H22N2O2. The Kier molecular flexibility index (Phi) is 4.84. The van der Waals surface area contributed by atoms with Crippen molar-refractivity contribution in [1.29, 1.82) is 0 Å². The van der Waals surface area contributed by atoms with Crippen molar-refractivity contribution in [2.75, 3.05) is 7.05 Å². The van der Waals surface area contributed by atoms with Crippen molar-refractivity contribution in [3.63, 3.8) is 0 Å². The Hall–Kier alpha value is -1.42. The van der Waals surface area contributed by atoms with Gasteiger partial charge in [0.25, 0.3) is 5.69 Å². The average Bonchev–Trinajstić information content (AvgIpc) is 2.28. The maximum absolute atomic E-state index is 10.8. The van der Waals surface area contributed by atoms with Crippen molar-refractivity contribution in [2.24, 2.45) is 5.92 Å². The average molecular weight is 250 g/mol. The number of nitro benzene ring substituents is 1. The van der Waals surface area contributed by atoms with E-state index in [2.05, 4.69) is 26.1 Å². The fraction of sp³-hybridized carbons (Fsp3) is 0.571. The van der Waals surface area contributed by atoms with E-state index in [1.54, 1.807) is 13.0 Å². The smallest absolute Gasteiger partial charge is 0.272 e. The summed E-state index contributed by atoms with van der Waals surface area (Å²) < 4.78 is 0. The number of benzene rings is 1. The monoisotopic (exact) mass is 250 g/mol. The Morgan fingerprint density at radius 1 is 1.28 bits per heavy atom. The molecule has 0 aromatic heterocycles. The molecule has 18 heavy (non-hydrogen) atoms. The molecule has 4 heteroatoms. The van der Waals surface area contributed by atoms with E-state index in [0.717, 1.165) is 11.1 Å². The number of nitrogens with one attached hydrogen (secondary N) is 1. The molecule has 100 valence electrons. The molecule has 0 spiro atoms. The zero-order valence-corrected chi connectivity index (χ0v) is 11.7. The van der Waals surface area contributed by atoms with Gasteiger partial charge in [0.2, 0.25) is 0 Å². The Morgan fingerprint density at radius 2 is 1.89 bits per heavy atom. The minimum atomic E-state index is -0.328. The van der Waals surface area contributed by atoms with Crippen LogP contribution < -0.4 is 5.32 Å². The third kappa shape index (κ3) is 3.07. The van der Waals surface area contributed by atoms with Crippen molar-refractivity contribution in [3.05, 3.63) is 39.4 Å². The predicted molar refractivity (Wildman–Crippen MR) is 73.9 cm³/mol. The predicted octanol–water partition coefficient (Wildman–Crippen LogP) is 3.25. The molecule has 4 nitrogen and oxygen atoms in total. The maximum Gasteiger partial charge on any atom is 0.272 e. The van der Waals surface area contributed by atoms with Gasteiger partial charge in [0.05, 0.1) is 4.92 Å². The molecule has 0 amide bonds. The molecule has 1 rings (SSSR count). The molecule has 2 unspecified atom stereocenters. The number of aryl methyl sites for hydroxylation is 1. The highest BCUT2D eigenvalue weighted by atomic mass is 16.6. The van der Waals surface area contributed by atoms with E-state index in [1.807, 2.05) is 19.2 Å². The molecule has 2 atom stereocenters. The lowest BCUT2D eigenvalue weighted by Gasteiger charge is -2.28. The highest BCUT2D eigenvalue weighted by molar-refractivity contribution is 5.43. The fourth-order valence-corrected chi connectivity index (χ4v) is 2.52. The largest absolute Gasteiger partial charge is 0.317 e. The molecule has 0 aliphatic heterocycles. The van der Waals surface area contributed by atoms with Gasteiger partial charge in [0, 0.05) is 23.6 Å². The van der Waals surface area contributed by atoms with Gasteiger partial charge in [-0.05, 0) is 38.4 Å². The molecule has 0 aliphatic carbocycles. The van der Waals surface area contributed by atoms with E-state index in [0.29, 0.717) is 17.9 Å². The van der Waals surface area contributed by atoms with Gasteiger partial charge in [0.1, 0.15) is 0 Å². The van der Waals surface area contributed by atoms with Gasteiger partial charge in [-0.3, -0.25) is 10.1 Å². The van der Waals surface area contributed by atoms with Crippen LogP contribution in [0.3, 0.4) is 0 Å². The van der Waals surface area contributed by atoms with Crippen LogP contribution in [0.2, 0.25) is 0 Å². The number of hydrogen-bond donors (Lipinski definition) is 1. The summed E-state index contributed by atoms with van der Waals surface area (Å²) in [5.41, 5.74) is 2.08. The topological polar surface area (TPSA) is 55.2 Å². The molecule has 0 radical (unpaired) electrons. The minimum absolute atomic E-state index is 0.193. The number of rotatable bonds is 5. The molecule has 0 saturated carbocycles. The van der Waals surface area contributed by atoms with E-state index < -0.39 is 0 Å². The number of nitro groups is 1. The Labute approximate surface area is 109 Å². The van der Waals surface area contributed by atoms with Crippen LogP contribution in [-0.2, 0) is 0 Å².